The average Bonchev–Trinajstić information content (AvgIpc) is 3.42. The molecule has 0 N–H and O–H groups in total. The number of hydrogen-bond donors (Lipinski definition) is 0. The normalized spacial score (nSPS) is 10.9. The maximum atomic E-state index is 12.8. The molecule has 0 fully saturated rings. The molecule has 0 aliphatic rings. The average molecular weight is 382 g/mol. The SMILES string of the molecule is CN(Cc1ccco1)C(=O)c1cc(-c2ccco2)n(-c2ccc(Cl)cc2)n1. The molecular formula is C20H16ClN3O3. The van der Waals surface area contributed by atoms with Crippen molar-refractivity contribution < 1.29 is 13.6 Å². The van der Waals surface area contributed by atoms with E-state index in [9.17, 15) is 4.79 Å². The fourth-order valence-corrected chi connectivity index (χ4v) is 2.89. The van der Waals surface area contributed by atoms with E-state index in [4.69, 9.17) is 20.4 Å². The molecule has 0 aliphatic heterocycles. The van der Waals surface area contributed by atoms with Gasteiger partial charge in [0.1, 0.15) is 11.5 Å². The standard InChI is InChI=1S/C20H16ClN3O3/c1-23(13-16-4-2-10-26-16)20(25)17-12-18(19-5-3-11-27-19)24(22-17)15-8-6-14(21)7-9-15/h2-12H,13H2,1H3. The molecule has 6 nitrogen and oxygen atoms in total. The summed E-state index contributed by atoms with van der Waals surface area (Å²) < 4.78 is 12.5. The molecule has 0 aliphatic carbocycles. The van der Waals surface area contributed by atoms with Crippen LogP contribution in [0.25, 0.3) is 17.1 Å². The molecular weight excluding hydrogens is 366 g/mol. The number of aromatic nitrogens is 2. The van der Waals surface area contributed by atoms with E-state index in [1.165, 1.54) is 0 Å². The minimum Gasteiger partial charge on any atom is -0.467 e. The second-order valence-corrected chi connectivity index (χ2v) is 6.46. The van der Waals surface area contributed by atoms with Gasteiger partial charge in [0.15, 0.2) is 11.5 Å². The third kappa shape index (κ3) is 3.52. The van der Waals surface area contributed by atoms with Crippen LogP contribution in [0.4, 0.5) is 0 Å². The van der Waals surface area contributed by atoms with Crippen molar-refractivity contribution in [1.82, 2.24) is 14.7 Å². The smallest absolute Gasteiger partial charge is 0.274 e. The molecule has 27 heavy (non-hydrogen) atoms. The van der Waals surface area contributed by atoms with Crippen molar-refractivity contribution in [3.05, 3.63) is 83.6 Å². The first kappa shape index (κ1) is 17.2. The summed E-state index contributed by atoms with van der Waals surface area (Å²) in [5.74, 6) is 1.10. The van der Waals surface area contributed by atoms with Crippen molar-refractivity contribution >= 4 is 17.5 Å². The van der Waals surface area contributed by atoms with Gasteiger partial charge in [0.25, 0.3) is 5.91 Å². The maximum Gasteiger partial charge on any atom is 0.274 e. The lowest BCUT2D eigenvalue weighted by Gasteiger charge is -2.13. The van der Waals surface area contributed by atoms with Crippen molar-refractivity contribution in [2.45, 2.75) is 6.54 Å². The number of carbonyl (C=O) groups excluding carboxylic acids is 1. The van der Waals surface area contributed by atoms with Gasteiger partial charge < -0.3 is 13.7 Å². The Kier molecular flexibility index (Phi) is 4.56. The first-order valence-electron chi connectivity index (χ1n) is 8.29. The molecule has 0 radical (unpaired) electrons. The highest BCUT2D eigenvalue weighted by Crippen LogP contribution is 2.26. The molecule has 136 valence electrons. The molecule has 0 unspecified atom stereocenters. The van der Waals surface area contributed by atoms with Gasteiger partial charge in [-0.15, -0.1) is 0 Å². The summed E-state index contributed by atoms with van der Waals surface area (Å²) in [4.78, 5) is 14.4. The number of halogens is 1. The van der Waals surface area contributed by atoms with Gasteiger partial charge in [-0.25, -0.2) is 4.68 Å². The monoisotopic (exact) mass is 381 g/mol. The van der Waals surface area contributed by atoms with Gasteiger partial charge in [-0.2, -0.15) is 5.10 Å². The third-order valence-corrected chi connectivity index (χ3v) is 4.35. The number of hydrogen-bond acceptors (Lipinski definition) is 4. The van der Waals surface area contributed by atoms with Crippen LogP contribution < -0.4 is 0 Å². The predicted molar refractivity (Wildman–Crippen MR) is 101 cm³/mol. The van der Waals surface area contributed by atoms with Crippen LogP contribution in [0.1, 0.15) is 16.2 Å². The molecule has 0 saturated carbocycles. The first-order valence-corrected chi connectivity index (χ1v) is 8.67. The van der Waals surface area contributed by atoms with Gasteiger partial charge in [0.05, 0.1) is 24.8 Å². The summed E-state index contributed by atoms with van der Waals surface area (Å²) in [7, 11) is 1.71. The lowest BCUT2D eigenvalue weighted by molar-refractivity contribution is 0.0769. The van der Waals surface area contributed by atoms with E-state index in [0.29, 0.717) is 34.5 Å². The van der Waals surface area contributed by atoms with Crippen LogP contribution in [-0.2, 0) is 6.54 Å². The van der Waals surface area contributed by atoms with Gasteiger partial charge in [-0.3, -0.25) is 4.79 Å². The molecule has 3 aromatic heterocycles. The van der Waals surface area contributed by atoms with Gasteiger partial charge in [-0.05, 0) is 48.5 Å². The second kappa shape index (κ2) is 7.17. The Morgan fingerprint density at radius 3 is 2.52 bits per heavy atom. The van der Waals surface area contributed by atoms with Crippen molar-refractivity contribution in [2.75, 3.05) is 7.05 Å². The van der Waals surface area contributed by atoms with Crippen molar-refractivity contribution in [1.29, 1.82) is 0 Å². The lowest BCUT2D eigenvalue weighted by Crippen LogP contribution is -2.26. The fourth-order valence-electron chi connectivity index (χ4n) is 2.77. The number of rotatable bonds is 5. The zero-order valence-corrected chi connectivity index (χ0v) is 15.3. The zero-order chi connectivity index (χ0) is 18.8. The number of benzene rings is 1. The molecule has 0 saturated heterocycles. The molecule has 1 aromatic carbocycles. The summed E-state index contributed by atoms with van der Waals surface area (Å²) in [6, 6.07) is 16.2. The Balaban J connectivity index is 1.70. The van der Waals surface area contributed by atoms with E-state index in [1.807, 2.05) is 24.3 Å². The van der Waals surface area contributed by atoms with Gasteiger partial charge in [0.2, 0.25) is 0 Å². The summed E-state index contributed by atoms with van der Waals surface area (Å²) >= 11 is 5.99. The largest absolute Gasteiger partial charge is 0.467 e. The highest BCUT2D eigenvalue weighted by Gasteiger charge is 2.21. The van der Waals surface area contributed by atoms with Crippen LogP contribution in [0, 0.1) is 0 Å². The number of amides is 1. The second-order valence-electron chi connectivity index (χ2n) is 6.02. The topological polar surface area (TPSA) is 64.4 Å². The minimum atomic E-state index is -0.216. The van der Waals surface area contributed by atoms with E-state index < -0.39 is 0 Å². The maximum absolute atomic E-state index is 12.8. The Labute approximate surface area is 160 Å². The van der Waals surface area contributed by atoms with Crippen LogP contribution in [0.3, 0.4) is 0 Å². The molecule has 4 rings (SSSR count). The highest BCUT2D eigenvalue weighted by atomic mass is 35.5. The zero-order valence-electron chi connectivity index (χ0n) is 14.5. The van der Waals surface area contributed by atoms with Crippen LogP contribution >= 0.6 is 11.6 Å². The lowest BCUT2D eigenvalue weighted by atomic mass is 10.2. The molecule has 7 heteroatoms. The van der Waals surface area contributed by atoms with Gasteiger partial charge in [0, 0.05) is 18.1 Å². The summed E-state index contributed by atoms with van der Waals surface area (Å²) in [5, 5.41) is 5.13. The van der Waals surface area contributed by atoms with E-state index in [2.05, 4.69) is 5.10 Å². The number of furan rings is 2. The molecule has 0 bridgehead atoms. The number of carbonyl (C=O) groups is 1. The Hall–Kier alpha value is -3.25. The van der Waals surface area contributed by atoms with Crippen molar-refractivity contribution in [2.24, 2.45) is 0 Å². The molecule has 1 amide bonds. The predicted octanol–water partition coefficient (Wildman–Crippen LogP) is 4.65. The minimum absolute atomic E-state index is 0.216. The quantitative estimate of drug-likeness (QED) is 0.504. The van der Waals surface area contributed by atoms with E-state index in [-0.39, 0.29) is 5.91 Å². The Bertz CT molecular complexity index is 1040. The van der Waals surface area contributed by atoms with Gasteiger partial charge >= 0.3 is 0 Å². The molecule has 3 heterocycles. The van der Waals surface area contributed by atoms with E-state index in [1.54, 1.807) is 59.5 Å². The van der Waals surface area contributed by atoms with E-state index in [0.717, 1.165) is 5.69 Å². The molecule has 4 aromatic rings. The van der Waals surface area contributed by atoms with Crippen LogP contribution in [0.15, 0.2) is 76.0 Å². The molecule has 0 atom stereocenters. The molecule has 0 spiro atoms. The third-order valence-electron chi connectivity index (χ3n) is 4.09. The van der Waals surface area contributed by atoms with Crippen LogP contribution in [0.2, 0.25) is 5.02 Å². The summed E-state index contributed by atoms with van der Waals surface area (Å²) in [6.45, 7) is 0.357. The van der Waals surface area contributed by atoms with Crippen LogP contribution in [0.5, 0.6) is 0 Å². The van der Waals surface area contributed by atoms with Crippen molar-refractivity contribution in [3.8, 4) is 17.1 Å². The fraction of sp³-hybridized carbons (Fsp3) is 0.100. The van der Waals surface area contributed by atoms with Gasteiger partial charge in [-0.1, -0.05) is 11.6 Å². The van der Waals surface area contributed by atoms with Crippen LogP contribution in [-0.4, -0.2) is 27.6 Å². The van der Waals surface area contributed by atoms with Crippen molar-refractivity contribution in [3.63, 3.8) is 0 Å². The Morgan fingerprint density at radius 1 is 1.11 bits per heavy atom. The number of nitrogens with zero attached hydrogens (tertiary/aromatic N) is 3. The van der Waals surface area contributed by atoms with E-state index >= 15 is 0 Å². The Morgan fingerprint density at radius 2 is 1.85 bits per heavy atom. The summed E-state index contributed by atoms with van der Waals surface area (Å²) in [5.41, 5.74) is 1.76. The summed E-state index contributed by atoms with van der Waals surface area (Å²) in [6.07, 6.45) is 3.16. The first-order chi connectivity index (χ1) is 13.1. The highest BCUT2D eigenvalue weighted by molar-refractivity contribution is 6.30.